The van der Waals surface area contributed by atoms with Crippen LogP contribution in [0.25, 0.3) is 11.1 Å². The molecule has 0 saturated carbocycles. The normalized spacial score (nSPS) is 10.7. The van der Waals surface area contributed by atoms with Crippen molar-refractivity contribution in [3.05, 3.63) is 87.2 Å². The quantitative estimate of drug-likeness (QED) is 0.488. The molecule has 6 nitrogen and oxygen atoms in total. The molecule has 0 saturated heterocycles. The van der Waals surface area contributed by atoms with Crippen molar-refractivity contribution < 1.29 is 9.72 Å². The minimum atomic E-state index is -0.422. The smallest absolute Gasteiger partial charge is 0.269 e. The summed E-state index contributed by atoms with van der Waals surface area (Å²) in [7, 11) is 3.45. The van der Waals surface area contributed by atoms with Gasteiger partial charge in [-0.1, -0.05) is 30.3 Å². The molecule has 3 aromatic rings. The van der Waals surface area contributed by atoms with Crippen LogP contribution in [0, 0.1) is 24.0 Å². The molecule has 0 bridgehead atoms. The standard InChI is InChI=1S/C22H23N3O3/c1-15-20(18-10-12-19(13-11-18)25(27)28)21(22(26)23(3)4)16(2)24(15)14-17-8-6-5-7-9-17/h5-13H,14H2,1-4H3. The predicted molar refractivity (Wildman–Crippen MR) is 110 cm³/mol. The van der Waals surface area contributed by atoms with Crippen molar-refractivity contribution in [1.29, 1.82) is 0 Å². The largest absolute Gasteiger partial charge is 0.345 e. The monoisotopic (exact) mass is 377 g/mol. The fraction of sp³-hybridized carbons (Fsp3) is 0.227. The van der Waals surface area contributed by atoms with E-state index >= 15 is 0 Å². The Balaban J connectivity index is 2.18. The third-order valence-electron chi connectivity index (χ3n) is 4.95. The van der Waals surface area contributed by atoms with Crippen molar-refractivity contribution >= 4 is 11.6 Å². The van der Waals surface area contributed by atoms with Gasteiger partial charge in [-0.05, 0) is 37.1 Å². The molecule has 1 amide bonds. The fourth-order valence-electron chi connectivity index (χ4n) is 3.47. The lowest BCUT2D eigenvalue weighted by Crippen LogP contribution is -2.23. The van der Waals surface area contributed by atoms with Gasteiger partial charge in [0.25, 0.3) is 11.6 Å². The number of hydrogen-bond acceptors (Lipinski definition) is 3. The molecule has 2 aromatic carbocycles. The lowest BCUT2D eigenvalue weighted by Gasteiger charge is -2.13. The van der Waals surface area contributed by atoms with E-state index in [-0.39, 0.29) is 11.6 Å². The van der Waals surface area contributed by atoms with E-state index < -0.39 is 4.92 Å². The molecule has 0 fully saturated rings. The van der Waals surface area contributed by atoms with Crippen LogP contribution < -0.4 is 0 Å². The average Bonchev–Trinajstić information content (AvgIpc) is 2.92. The molecule has 28 heavy (non-hydrogen) atoms. The first kappa shape index (κ1) is 19.4. The highest BCUT2D eigenvalue weighted by Gasteiger charge is 2.25. The molecule has 6 heteroatoms. The van der Waals surface area contributed by atoms with E-state index in [0.29, 0.717) is 12.1 Å². The van der Waals surface area contributed by atoms with Crippen molar-refractivity contribution in [2.75, 3.05) is 14.1 Å². The number of nitro benzene ring substituents is 1. The second kappa shape index (κ2) is 7.68. The Morgan fingerprint density at radius 2 is 1.61 bits per heavy atom. The summed E-state index contributed by atoms with van der Waals surface area (Å²) in [5.41, 5.74) is 5.26. The molecule has 0 spiro atoms. The topological polar surface area (TPSA) is 68.4 Å². The van der Waals surface area contributed by atoms with Gasteiger partial charge in [0.1, 0.15) is 0 Å². The van der Waals surface area contributed by atoms with Crippen LogP contribution >= 0.6 is 0 Å². The number of nitro groups is 1. The number of rotatable bonds is 5. The van der Waals surface area contributed by atoms with Gasteiger partial charge in [-0.3, -0.25) is 14.9 Å². The highest BCUT2D eigenvalue weighted by atomic mass is 16.6. The maximum atomic E-state index is 13.0. The molecular weight excluding hydrogens is 354 g/mol. The Labute approximate surface area is 164 Å². The summed E-state index contributed by atoms with van der Waals surface area (Å²) >= 11 is 0. The summed E-state index contributed by atoms with van der Waals surface area (Å²) in [6.45, 7) is 4.58. The zero-order valence-corrected chi connectivity index (χ0v) is 16.5. The van der Waals surface area contributed by atoms with Crippen LogP contribution in [-0.4, -0.2) is 34.4 Å². The van der Waals surface area contributed by atoms with Crippen LogP contribution in [0.15, 0.2) is 54.6 Å². The van der Waals surface area contributed by atoms with E-state index in [4.69, 9.17) is 0 Å². The van der Waals surface area contributed by atoms with Crippen LogP contribution in [0.3, 0.4) is 0 Å². The maximum Gasteiger partial charge on any atom is 0.269 e. The number of carbonyl (C=O) groups excluding carboxylic acids is 1. The van der Waals surface area contributed by atoms with Gasteiger partial charge in [0.15, 0.2) is 0 Å². The number of non-ortho nitro benzene ring substituents is 1. The van der Waals surface area contributed by atoms with Gasteiger partial charge in [0.2, 0.25) is 0 Å². The maximum absolute atomic E-state index is 13.0. The van der Waals surface area contributed by atoms with Gasteiger partial charge in [-0.15, -0.1) is 0 Å². The SMILES string of the molecule is Cc1c(C(=O)N(C)C)c(-c2ccc([N+](=O)[O-])cc2)c(C)n1Cc1ccccc1. The summed E-state index contributed by atoms with van der Waals surface area (Å²) in [6.07, 6.45) is 0. The Morgan fingerprint density at radius 1 is 1.00 bits per heavy atom. The minimum Gasteiger partial charge on any atom is -0.345 e. The summed E-state index contributed by atoms with van der Waals surface area (Å²) in [5, 5.41) is 11.0. The average molecular weight is 377 g/mol. The molecule has 1 heterocycles. The molecule has 3 rings (SSSR count). The van der Waals surface area contributed by atoms with E-state index in [9.17, 15) is 14.9 Å². The molecule has 0 atom stereocenters. The van der Waals surface area contributed by atoms with Crippen LogP contribution in [0.2, 0.25) is 0 Å². The zero-order chi connectivity index (χ0) is 20.4. The molecule has 0 aliphatic carbocycles. The van der Waals surface area contributed by atoms with Gasteiger partial charge in [-0.2, -0.15) is 0 Å². The fourth-order valence-corrected chi connectivity index (χ4v) is 3.47. The molecular formula is C22H23N3O3. The van der Waals surface area contributed by atoms with Gasteiger partial charge >= 0.3 is 0 Å². The third-order valence-corrected chi connectivity index (χ3v) is 4.95. The van der Waals surface area contributed by atoms with E-state index in [0.717, 1.165) is 28.1 Å². The van der Waals surface area contributed by atoms with Gasteiger partial charge in [-0.25, -0.2) is 0 Å². The van der Waals surface area contributed by atoms with E-state index in [1.807, 2.05) is 32.0 Å². The third kappa shape index (κ3) is 3.53. The van der Waals surface area contributed by atoms with Crippen LogP contribution in [-0.2, 0) is 6.54 Å². The van der Waals surface area contributed by atoms with E-state index in [2.05, 4.69) is 16.7 Å². The molecule has 0 unspecified atom stereocenters. The zero-order valence-electron chi connectivity index (χ0n) is 16.5. The number of aromatic nitrogens is 1. The molecule has 0 radical (unpaired) electrons. The number of amides is 1. The highest BCUT2D eigenvalue weighted by Crippen LogP contribution is 2.34. The second-order valence-corrected chi connectivity index (χ2v) is 7.00. The van der Waals surface area contributed by atoms with Crippen LogP contribution in [0.1, 0.15) is 27.3 Å². The van der Waals surface area contributed by atoms with Crippen LogP contribution in [0.5, 0.6) is 0 Å². The molecule has 0 N–H and O–H groups in total. The molecule has 1 aromatic heterocycles. The van der Waals surface area contributed by atoms with Crippen molar-refractivity contribution in [1.82, 2.24) is 9.47 Å². The molecule has 144 valence electrons. The first-order chi connectivity index (χ1) is 13.3. The lowest BCUT2D eigenvalue weighted by atomic mass is 9.99. The van der Waals surface area contributed by atoms with Crippen LogP contribution in [0.4, 0.5) is 5.69 Å². The molecule has 0 aliphatic rings. The number of hydrogen-bond donors (Lipinski definition) is 0. The Bertz CT molecular complexity index is 1020. The van der Waals surface area contributed by atoms with Crippen molar-refractivity contribution in [3.8, 4) is 11.1 Å². The summed E-state index contributed by atoms with van der Waals surface area (Å²) in [4.78, 5) is 25.1. The van der Waals surface area contributed by atoms with Crippen molar-refractivity contribution in [2.45, 2.75) is 20.4 Å². The Hall–Kier alpha value is -3.41. The van der Waals surface area contributed by atoms with Gasteiger partial charge < -0.3 is 9.47 Å². The number of carbonyl (C=O) groups is 1. The van der Waals surface area contributed by atoms with E-state index in [1.165, 1.54) is 12.1 Å². The number of benzene rings is 2. The summed E-state index contributed by atoms with van der Waals surface area (Å²) in [6, 6.07) is 16.4. The van der Waals surface area contributed by atoms with Crippen molar-refractivity contribution in [3.63, 3.8) is 0 Å². The van der Waals surface area contributed by atoms with E-state index in [1.54, 1.807) is 31.1 Å². The summed E-state index contributed by atoms with van der Waals surface area (Å²) < 4.78 is 2.13. The minimum absolute atomic E-state index is 0.0299. The molecule has 0 aliphatic heterocycles. The lowest BCUT2D eigenvalue weighted by molar-refractivity contribution is -0.384. The van der Waals surface area contributed by atoms with Crippen molar-refractivity contribution in [2.24, 2.45) is 0 Å². The Morgan fingerprint density at radius 3 is 2.14 bits per heavy atom. The first-order valence-corrected chi connectivity index (χ1v) is 9.01. The van der Waals surface area contributed by atoms with Gasteiger partial charge in [0, 0.05) is 49.7 Å². The Kier molecular flexibility index (Phi) is 5.31. The first-order valence-electron chi connectivity index (χ1n) is 9.01. The highest BCUT2D eigenvalue weighted by molar-refractivity contribution is 6.03. The van der Waals surface area contributed by atoms with Gasteiger partial charge in [0.05, 0.1) is 10.5 Å². The second-order valence-electron chi connectivity index (χ2n) is 7.00. The summed E-state index contributed by atoms with van der Waals surface area (Å²) in [5.74, 6) is -0.0826. The number of nitrogens with zero attached hydrogens (tertiary/aromatic N) is 3. The predicted octanol–water partition coefficient (Wildman–Crippen LogP) is 4.43.